The lowest BCUT2D eigenvalue weighted by atomic mass is 10.1. The zero-order chi connectivity index (χ0) is 18.6. The van der Waals surface area contributed by atoms with Gasteiger partial charge in [0.05, 0.1) is 5.02 Å². The third kappa shape index (κ3) is 4.80. The van der Waals surface area contributed by atoms with E-state index in [4.69, 9.17) is 23.2 Å². The number of carbonyl (C=O) groups is 1. The summed E-state index contributed by atoms with van der Waals surface area (Å²) in [6, 6.07) is 11.1. The molecule has 0 aliphatic carbocycles. The highest BCUT2D eigenvalue weighted by Crippen LogP contribution is 2.30. The quantitative estimate of drug-likeness (QED) is 0.388. The van der Waals surface area contributed by atoms with Crippen LogP contribution < -0.4 is 0 Å². The minimum atomic E-state index is -5.24. The predicted molar refractivity (Wildman–Crippen MR) is 88.0 cm³/mol. The lowest BCUT2D eigenvalue weighted by Crippen LogP contribution is -2.24. The molecule has 130 valence electrons. The van der Waals surface area contributed by atoms with Gasteiger partial charge in [-0.1, -0.05) is 35.3 Å². The fraction of sp³-hybridized carbons (Fsp3) is 0.0625. The van der Waals surface area contributed by atoms with Gasteiger partial charge in [0, 0.05) is 10.6 Å². The zero-order valence-corrected chi connectivity index (χ0v) is 13.8. The second-order valence-corrected chi connectivity index (χ2v) is 5.53. The third-order valence-electron chi connectivity index (χ3n) is 2.92. The van der Waals surface area contributed by atoms with Crippen LogP contribution in [0.1, 0.15) is 5.56 Å². The molecule has 0 bridgehead atoms. The minimum Gasteiger partial charge on any atom is -0.505 e. The number of carbonyl (C=O) groups excluding carboxylic acids is 1. The van der Waals surface area contributed by atoms with E-state index in [2.05, 4.69) is 10.2 Å². The molecule has 0 atom stereocenters. The van der Waals surface area contributed by atoms with Crippen molar-refractivity contribution in [2.45, 2.75) is 6.18 Å². The molecule has 0 aliphatic rings. The second-order valence-electron chi connectivity index (χ2n) is 4.68. The maximum atomic E-state index is 12.8. The van der Waals surface area contributed by atoms with E-state index in [-0.39, 0.29) is 16.3 Å². The van der Waals surface area contributed by atoms with Crippen LogP contribution in [-0.2, 0) is 4.79 Å². The number of allylic oxidation sites excluding steroid dienone is 1. The maximum Gasteiger partial charge on any atom is 0.456 e. The number of hydrogen-bond donors (Lipinski definition) is 1. The number of nitrogens with zero attached hydrogens (tertiary/aromatic N) is 2. The van der Waals surface area contributed by atoms with Crippen molar-refractivity contribution in [3.8, 4) is 0 Å². The van der Waals surface area contributed by atoms with Crippen molar-refractivity contribution in [1.82, 2.24) is 0 Å². The number of benzene rings is 2. The molecule has 0 heterocycles. The molecule has 1 N–H and O–H groups in total. The highest BCUT2D eigenvalue weighted by atomic mass is 35.5. The Morgan fingerprint density at radius 3 is 2.16 bits per heavy atom. The van der Waals surface area contributed by atoms with Gasteiger partial charge >= 0.3 is 6.18 Å². The molecule has 0 aliphatic heterocycles. The van der Waals surface area contributed by atoms with Gasteiger partial charge in [-0.15, -0.1) is 10.2 Å². The van der Waals surface area contributed by atoms with E-state index in [0.29, 0.717) is 5.02 Å². The van der Waals surface area contributed by atoms with E-state index >= 15 is 0 Å². The molecule has 0 aromatic heterocycles. The third-order valence-corrected chi connectivity index (χ3v) is 3.50. The van der Waals surface area contributed by atoms with Crippen molar-refractivity contribution in [3.05, 3.63) is 69.8 Å². The molecule has 4 nitrogen and oxygen atoms in total. The smallest absolute Gasteiger partial charge is 0.456 e. The van der Waals surface area contributed by atoms with Gasteiger partial charge in [0.2, 0.25) is 0 Å². The summed E-state index contributed by atoms with van der Waals surface area (Å²) >= 11 is 11.5. The number of hydrogen-bond acceptors (Lipinski definition) is 4. The summed E-state index contributed by atoms with van der Waals surface area (Å²) < 4.78 is 38.4. The van der Waals surface area contributed by atoms with Crippen molar-refractivity contribution in [2.75, 3.05) is 0 Å². The van der Waals surface area contributed by atoms with Crippen molar-refractivity contribution < 1.29 is 23.1 Å². The van der Waals surface area contributed by atoms with E-state index in [1.165, 1.54) is 42.5 Å². The summed E-state index contributed by atoms with van der Waals surface area (Å²) in [5.74, 6) is -3.31. The molecule has 0 radical (unpaired) electrons. The highest BCUT2D eigenvalue weighted by Gasteiger charge is 2.43. The Morgan fingerprint density at radius 1 is 1.00 bits per heavy atom. The van der Waals surface area contributed by atoms with Gasteiger partial charge in [-0.25, -0.2) is 0 Å². The summed E-state index contributed by atoms with van der Waals surface area (Å²) in [6.07, 6.45) is -5.24. The summed E-state index contributed by atoms with van der Waals surface area (Å²) in [7, 11) is 0. The molecule has 0 saturated carbocycles. The van der Waals surface area contributed by atoms with Crippen molar-refractivity contribution >= 4 is 40.4 Å². The van der Waals surface area contributed by atoms with Crippen LogP contribution in [0.25, 0.3) is 5.76 Å². The molecule has 0 amide bonds. The predicted octanol–water partition coefficient (Wildman–Crippen LogP) is 6.14. The van der Waals surface area contributed by atoms with Gasteiger partial charge in [0.25, 0.3) is 5.78 Å². The highest BCUT2D eigenvalue weighted by molar-refractivity contribution is 6.33. The van der Waals surface area contributed by atoms with E-state index in [1.54, 1.807) is 6.07 Å². The molecule has 0 spiro atoms. The number of azo groups is 1. The normalized spacial score (nSPS) is 13.0. The number of rotatable bonds is 4. The van der Waals surface area contributed by atoms with E-state index < -0.39 is 23.4 Å². The lowest BCUT2D eigenvalue weighted by molar-refractivity contribution is -0.166. The van der Waals surface area contributed by atoms with Gasteiger partial charge in [-0.3, -0.25) is 4.79 Å². The molecule has 0 fully saturated rings. The van der Waals surface area contributed by atoms with Crippen molar-refractivity contribution in [1.29, 1.82) is 0 Å². The molecule has 2 aromatic carbocycles. The largest absolute Gasteiger partial charge is 0.505 e. The van der Waals surface area contributed by atoms with Crippen LogP contribution in [0.2, 0.25) is 10.0 Å². The van der Waals surface area contributed by atoms with Crippen LogP contribution in [0.3, 0.4) is 0 Å². The van der Waals surface area contributed by atoms with Crippen molar-refractivity contribution in [2.24, 2.45) is 10.2 Å². The first-order valence-electron chi connectivity index (χ1n) is 6.67. The summed E-state index contributed by atoms with van der Waals surface area (Å²) in [6.45, 7) is 0. The Kier molecular flexibility index (Phi) is 5.81. The standard InChI is InChI=1S/C16H9Cl2F3N2O2/c17-10-7-5-9(6-8-10)14(24)13(15(25)16(19,20)21)23-22-12-4-2-1-3-11(12)18/h1-8,24H/b14-13+,23-22?. The Morgan fingerprint density at radius 2 is 1.60 bits per heavy atom. The molecule has 9 heteroatoms. The molecule has 25 heavy (non-hydrogen) atoms. The Bertz CT molecular complexity index is 847. The number of aliphatic hydroxyl groups is 1. The van der Waals surface area contributed by atoms with Crippen molar-refractivity contribution in [3.63, 3.8) is 0 Å². The summed E-state index contributed by atoms with van der Waals surface area (Å²) in [5.41, 5.74) is -1.29. The molecule has 2 rings (SSSR count). The fourth-order valence-corrected chi connectivity index (χ4v) is 2.02. The van der Waals surface area contributed by atoms with Gasteiger partial charge in [-0.2, -0.15) is 13.2 Å². The maximum absolute atomic E-state index is 12.8. The number of Topliss-reactive ketones (excluding diaryl/α,β-unsaturated/α-hetero) is 1. The molecule has 0 unspecified atom stereocenters. The summed E-state index contributed by atoms with van der Waals surface area (Å²) in [4.78, 5) is 11.6. The SMILES string of the molecule is O=C(/C(N=Nc1ccccc1Cl)=C(\O)c1ccc(Cl)cc1)C(F)(F)F. The average molecular weight is 389 g/mol. The molecule has 0 saturated heterocycles. The number of aliphatic hydroxyl groups excluding tert-OH is 1. The molecular weight excluding hydrogens is 380 g/mol. The van der Waals surface area contributed by atoms with Crippen LogP contribution in [0.15, 0.2) is 64.5 Å². The van der Waals surface area contributed by atoms with Gasteiger partial charge in [0.1, 0.15) is 5.69 Å². The second kappa shape index (κ2) is 7.67. The minimum absolute atomic E-state index is 0.0422. The first-order chi connectivity index (χ1) is 11.7. The number of halogens is 5. The van der Waals surface area contributed by atoms with Gasteiger partial charge in [0.15, 0.2) is 11.5 Å². The van der Waals surface area contributed by atoms with Crippen LogP contribution in [0, 0.1) is 0 Å². The number of ketones is 1. The number of alkyl halides is 3. The lowest BCUT2D eigenvalue weighted by Gasteiger charge is -2.08. The monoisotopic (exact) mass is 388 g/mol. The van der Waals surface area contributed by atoms with E-state index in [0.717, 1.165) is 0 Å². The Balaban J connectivity index is 2.54. The Hall–Kier alpha value is -2.38. The first kappa shape index (κ1) is 19.0. The Labute approximate surface area is 150 Å². The van der Waals surface area contributed by atoms with Gasteiger partial charge in [-0.05, 0) is 36.4 Å². The van der Waals surface area contributed by atoms with Crippen LogP contribution >= 0.6 is 23.2 Å². The van der Waals surface area contributed by atoms with Gasteiger partial charge < -0.3 is 5.11 Å². The van der Waals surface area contributed by atoms with Crippen LogP contribution in [-0.4, -0.2) is 17.1 Å². The van der Waals surface area contributed by atoms with E-state index in [1.807, 2.05) is 0 Å². The van der Waals surface area contributed by atoms with Crippen LogP contribution in [0.5, 0.6) is 0 Å². The molecular formula is C16H9Cl2F3N2O2. The summed E-state index contributed by atoms with van der Waals surface area (Å²) in [5, 5.41) is 17.3. The average Bonchev–Trinajstić information content (AvgIpc) is 2.56. The fourth-order valence-electron chi connectivity index (χ4n) is 1.72. The van der Waals surface area contributed by atoms with E-state index in [9.17, 15) is 23.1 Å². The topological polar surface area (TPSA) is 62.0 Å². The zero-order valence-electron chi connectivity index (χ0n) is 12.3. The van der Waals surface area contributed by atoms with Crippen LogP contribution in [0.4, 0.5) is 18.9 Å². The first-order valence-corrected chi connectivity index (χ1v) is 7.42. The molecule has 2 aromatic rings.